The Kier molecular flexibility index (Phi) is 63.4. The van der Waals surface area contributed by atoms with Gasteiger partial charge in [0.25, 0.3) is 0 Å². The van der Waals surface area contributed by atoms with E-state index >= 15 is 0 Å². The lowest BCUT2D eigenvalue weighted by Gasteiger charge is -2.20. The summed E-state index contributed by atoms with van der Waals surface area (Å²) < 4.78 is 5.50. The lowest BCUT2D eigenvalue weighted by molar-refractivity contribution is -0.143. The number of unbranched alkanes of at least 4 members (excludes halogenated alkanes) is 51. The van der Waals surface area contributed by atoms with Crippen LogP contribution in [0.3, 0.4) is 0 Å². The van der Waals surface area contributed by atoms with Gasteiger partial charge in [-0.2, -0.15) is 0 Å². The highest BCUT2D eigenvalue weighted by Gasteiger charge is 2.18. The molecule has 0 saturated heterocycles. The van der Waals surface area contributed by atoms with Gasteiger partial charge in [0.1, 0.15) is 0 Å². The maximum Gasteiger partial charge on any atom is 0.305 e. The molecule has 0 aromatic rings. The van der Waals surface area contributed by atoms with Crippen LogP contribution in [0.1, 0.15) is 380 Å². The van der Waals surface area contributed by atoms with E-state index in [-0.39, 0.29) is 18.5 Å². The molecule has 0 rings (SSSR count). The zero-order chi connectivity index (χ0) is 54.3. The fourth-order valence-corrected chi connectivity index (χ4v) is 10.7. The van der Waals surface area contributed by atoms with E-state index < -0.39 is 12.1 Å². The Morgan fingerprint density at radius 2 is 0.627 bits per heavy atom. The number of amides is 1. The maximum absolute atomic E-state index is 12.5. The summed E-state index contributed by atoms with van der Waals surface area (Å²) in [5.74, 6) is -0.0642. The van der Waals surface area contributed by atoms with Gasteiger partial charge in [0, 0.05) is 12.8 Å². The first-order valence-electron chi connectivity index (χ1n) is 34.1. The van der Waals surface area contributed by atoms with Gasteiger partial charge in [-0.3, -0.25) is 9.59 Å². The molecule has 0 heterocycles. The third-order valence-electron chi connectivity index (χ3n) is 16.0. The summed E-state index contributed by atoms with van der Waals surface area (Å²) in [5, 5.41) is 23.2. The third-order valence-corrected chi connectivity index (χ3v) is 16.0. The van der Waals surface area contributed by atoms with Gasteiger partial charge >= 0.3 is 5.97 Å². The maximum atomic E-state index is 12.5. The number of carbonyl (C=O) groups excluding carboxylic acids is 2. The molecule has 0 bridgehead atoms. The summed E-state index contributed by atoms with van der Waals surface area (Å²) in [5.41, 5.74) is 0. The van der Waals surface area contributed by atoms with E-state index in [0.717, 1.165) is 44.9 Å². The second-order valence-electron chi connectivity index (χ2n) is 23.5. The number of nitrogens with one attached hydrogen (secondary N) is 1. The Bertz CT molecular complexity index is 1170. The summed E-state index contributed by atoms with van der Waals surface area (Å²) in [7, 11) is 0. The topological polar surface area (TPSA) is 95.9 Å². The van der Waals surface area contributed by atoms with Crippen molar-refractivity contribution in [3.05, 3.63) is 24.3 Å². The molecule has 0 radical (unpaired) electrons. The van der Waals surface area contributed by atoms with Crippen molar-refractivity contribution >= 4 is 11.9 Å². The molecule has 2 atom stereocenters. The molecule has 0 aromatic heterocycles. The van der Waals surface area contributed by atoms with Crippen LogP contribution in [-0.2, 0) is 14.3 Å². The number of hydrogen-bond donors (Lipinski definition) is 3. The summed E-state index contributed by atoms with van der Waals surface area (Å²) in [6.07, 6.45) is 80.9. The quantitative estimate of drug-likeness (QED) is 0.0320. The molecular formula is C69H133NO5. The van der Waals surface area contributed by atoms with Crippen LogP contribution in [0.4, 0.5) is 0 Å². The number of hydrogen-bond acceptors (Lipinski definition) is 5. The Morgan fingerprint density at radius 1 is 0.360 bits per heavy atom. The van der Waals surface area contributed by atoms with Crippen molar-refractivity contribution in [2.24, 2.45) is 0 Å². The van der Waals surface area contributed by atoms with Crippen molar-refractivity contribution < 1.29 is 24.5 Å². The number of allylic oxidation sites excluding steroid dienone is 3. The predicted molar refractivity (Wildman–Crippen MR) is 329 cm³/mol. The van der Waals surface area contributed by atoms with E-state index in [1.807, 2.05) is 6.08 Å². The van der Waals surface area contributed by atoms with Crippen LogP contribution in [0.25, 0.3) is 0 Å². The van der Waals surface area contributed by atoms with Crippen molar-refractivity contribution in [3.63, 3.8) is 0 Å². The van der Waals surface area contributed by atoms with Crippen molar-refractivity contribution in [1.29, 1.82) is 0 Å². The van der Waals surface area contributed by atoms with Gasteiger partial charge in [0.2, 0.25) is 5.91 Å². The van der Waals surface area contributed by atoms with Crippen LogP contribution in [-0.4, -0.2) is 47.4 Å². The van der Waals surface area contributed by atoms with Gasteiger partial charge in [0.15, 0.2) is 0 Å². The molecular weight excluding hydrogens is 923 g/mol. The van der Waals surface area contributed by atoms with Gasteiger partial charge in [0.05, 0.1) is 25.4 Å². The molecule has 1 amide bonds. The molecule has 6 heteroatoms. The predicted octanol–water partition coefficient (Wildman–Crippen LogP) is 21.8. The minimum atomic E-state index is -0.849. The van der Waals surface area contributed by atoms with Crippen LogP contribution in [0.15, 0.2) is 24.3 Å². The number of aliphatic hydroxyl groups is 2. The average Bonchev–Trinajstić information content (AvgIpc) is 3.41. The minimum absolute atomic E-state index is 0.00505. The molecule has 0 aliphatic rings. The van der Waals surface area contributed by atoms with Crippen LogP contribution in [0.2, 0.25) is 0 Å². The standard InChI is InChI=1S/C69H133NO5/c1-3-5-7-9-11-13-15-17-19-21-23-24-25-27-29-33-37-41-45-49-53-57-61-67(72)66(65-71)70-68(73)62-58-54-50-46-42-38-34-30-28-32-36-40-44-48-52-56-60-64-75-69(74)63-59-55-51-47-43-39-35-31-26-22-20-18-16-14-12-10-8-6-4-2/h18,20,57,61,66-67,71-72H,3-17,19,21-56,58-60,62-65H2,1-2H3,(H,70,73)/b20-18-,61-57+. The van der Waals surface area contributed by atoms with E-state index in [4.69, 9.17) is 4.74 Å². The first-order chi connectivity index (χ1) is 37.0. The first kappa shape index (κ1) is 73.3. The van der Waals surface area contributed by atoms with Gasteiger partial charge in [-0.25, -0.2) is 0 Å². The molecule has 75 heavy (non-hydrogen) atoms. The molecule has 0 aromatic carbocycles. The van der Waals surface area contributed by atoms with Gasteiger partial charge in [-0.1, -0.05) is 334 Å². The Balaban J connectivity index is 3.42. The molecule has 3 N–H and O–H groups in total. The van der Waals surface area contributed by atoms with E-state index in [2.05, 4.69) is 31.3 Å². The summed E-state index contributed by atoms with van der Waals surface area (Å²) in [6.45, 7) is 4.92. The van der Waals surface area contributed by atoms with Crippen LogP contribution in [0.5, 0.6) is 0 Å². The largest absolute Gasteiger partial charge is 0.466 e. The average molecular weight is 1060 g/mol. The Hall–Kier alpha value is -1.66. The fourth-order valence-electron chi connectivity index (χ4n) is 10.7. The molecule has 0 fully saturated rings. The summed E-state index contributed by atoms with van der Waals surface area (Å²) >= 11 is 0. The molecule has 0 aliphatic carbocycles. The van der Waals surface area contributed by atoms with Gasteiger partial charge in [-0.05, 0) is 57.8 Å². The zero-order valence-corrected chi connectivity index (χ0v) is 50.8. The normalized spacial score (nSPS) is 12.6. The second kappa shape index (κ2) is 64.9. The highest BCUT2D eigenvalue weighted by atomic mass is 16.5. The number of aliphatic hydroxyl groups excluding tert-OH is 2. The Labute approximate surface area is 469 Å². The van der Waals surface area contributed by atoms with Gasteiger partial charge in [-0.15, -0.1) is 0 Å². The van der Waals surface area contributed by atoms with E-state index in [1.165, 1.54) is 308 Å². The van der Waals surface area contributed by atoms with Crippen LogP contribution >= 0.6 is 0 Å². The van der Waals surface area contributed by atoms with E-state index in [1.54, 1.807) is 6.08 Å². The zero-order valence-electron chi connectivity index (χ0n) is 50.8. The lowest BCUT2D eigenvalue weighted by Crippen LogP contribution is -2.45. The molecule has 0 spiro atoms. The van der Waals surface area contributed by atoms with Crippen molar-refractivity contribution in [2.45, 2.75) is 392 Å². The van der Waals surface area contributed by atoms with Crippen LogP contribution < -0.4 is 5.32 Å². The molecule has 2 unspecified atom stereocenters. The second-order valence-corrected chi connectivity index (χ2v) is 23.5. The number of rotatable bonds is 64. The van der Waals surface area contributed by atoms with Crippen molar-refractivity contribution in [2.75, 3.05) is 13.2 Å². The summed E-state index contributed by atoms with van der Waals surface area (Å²) in [4.78, 5) is 24.6. The van der Waals surface area contributed by atoms with Crippen molar-refractivity contribution in [1.82, 2.24) is 5.32 Å². The number of esters is 1. The molecule has 6 nitrogen and oxygen atoms in total. The third kappa shape index (κ3) is 61.4. The first-order valence-corrected chi connectivity index (χ1v) is 34.1. The lowest BCUT2D eigenvalue weighted by atomic mass is 10.0. The molecule has 0 saturated carbocycles. The highest BCUT2D eigenvalue weighted by Crippen LogP contribution is 2.18. The monoisotopic (exact) mass is 1060 g/mol. The summed E-state index contributed by atoms with van der Waals surface area (Å²) in [6, 6.07) is -0.633. The number of ether oxygens (including phenoxy) is 1. The minimum Gasteiger partial charge on any atom is -0.466 e. The fraction of sp³-hybridized carbons (Fsp3) is 0.913. The SMILES string of the molecule is CCCCCCCC/C=C\CCCCCCCCCCCC(=O)OCCCCCCCCCCCCCCCCCCCC(=O)NC(CO)C(O)/C=C/CCCCCCCCCCCCCCCCCCCCCC. The number of carbonyl (C=O) groups is 2. The van der Waals surface area contributed by atoms with E-state index in [9.17, 15) is 19.8 Å². The van der Waals surface area contributed by atoms with E-state index in [0.29, 0.717) is 19.4 Å². The van der Waals surface area contributed by atoms with Gasteiger partial charge < -0.3 is 20.3 Å². The van der Waals surface area contributed by atoms with Crippen LogP contribution in [0, 0.1) is 0 Å². The Morgan fingerprint density at radius 3 is 0.947 bits per heavy atom. The molecule has 0 aliphatic heterocycles. The highest BCUT2D eigenvalue weighted by molar-refractivity contribution is 5.76. The smallest absolute Gasteiger partial charge is 0.305 e. The molecule has 444 valence electrons. The van der Waals surface area contributed by atoms with Crippen molar-refractivity contribution in [3.8, 4) is 0 Å².